The molecular weight excluding hydrogens is 292 g/mol. The SMILES string of the molecule is Cn1cc(C2CNCCN2C(=O)OC(C)(C)C)c2cccnc21. The minimum absolute atomic E-state index is 0.0495. The third-order valence-corrected chi connectivity index (χ3v) is 3.99. The van der Waals surface area contributed by atoms with Gasteiger partial charge in [0.15, 0.2) is 0 Å². The maximum absolute atomic E-state index is 12.6. The van der Waals surface area contributed by atoms with Crippen molar-refractivity contribution in [2.75, 3.05) is 19.6 Å². The van der Waals surface area contributed by atoms with Crippen molar-refractivity contribution in [2.45, 2.75) is 32.4 Å². The van der Waals surface area contributed by atoms with Crippen LogP contribution in [0.25, 0.3) is 11.0 Å². The van der Waals surface area contributed by atoms with E-state index in [9.17, 15) is 4.79 Å². The number of nitrogens with one attached hydrogen (secondary N) is 1. The van der Waals surface area contributed by atoms with Gasteiger partial charge in [0.25, 0.3) is 0 Å². The standard InChI is InChI=1S/C17H24N4O2/c1-17(2,3)23-16(22)21-9-8-18-10-14(21)13-11-20(4)15-12(13)6-5-7-19-15/h5-7,11,14,18H,8-10H2,1-4H3. The summed E-state index contributed by atoms with van der Waals surface area (Å²) < 4.78 is 7.59. The molecule has 1 N–H and O–H groups in total. The molecule has 6 heteroatoms. The molecule has 1 amide bonds. The fourth-order valence-corrected chi connectivity index (χ4v) is 3.03. The summed E-state index contributed by atoms with van der Waals surface area (Å²) in [5.41, 5.74) is 1.54. The van der Waals surface area contributed by atoms with Crippen molar-refractivity contribution in [3.05, 3.63) is 30.1 Å². The van der Waals surface area contributed by atoms with Gasteiger partial charge >= 0.3 is 6.09 Å². The highest BCUT2D eigenvalue weighted by atomic mass is 16.6. The van der Waals surface area contributed by atoms with Crippen molar-refractivity contribution in [3.8, 4) is 0 Å². The van der Waals surface area contributed by atoms with Crippen LogP contribution in [0.4, 0.5) is 4.79 Å². The fourth-order valence-electron chi connectivity index (χ4n) is 3.03. The Bertz CT molecular complexity index is 717. The Balaban J connectivity index is 1.96. The molecule has 1 saturated heterocycles. The van der Waals surface area contributed by atoms with Crippen LogP contribution in [0.3, 0.4) is 0 Å². The largest absolute Gasteiger partial charge is 0.444 e. The van der Waals surface area contributed by atoms with Crippen LogP contribution >= 0.6 is 0 Å². The van der Waals surface area contributed by atoms with Crippen molar-refractivity contribution in [3.63, 3.8) is 0 Å². The Morgan fingerprint density at radius 2 is 2.22 bits per heavy atom. The van der Waals surface area contributed by atoms with Gasteiger partial charge in [-0.3, -0.25) is 4.90 Å². The fraction of sp³-hybridized carbons (Fsp3) is 0.529. The van der Waals surface area contributed by atoms with E-state index >= 15 is 0 Å². The Hall–Kier alpha value is -2.08. The van der Waals surface area contributed by atoms with E-state index in [4.69, 9.17) is 4.74 Å². The van der Waals surface area contributed by atoms with Gasteiger partial charge in [0.1, 0.15) is 11.2 Å². The first-order chi connectivity index (χ1) is 10.9. The third kappa shape index (κ3) is 3.17. The highest BCUT2D eigenvalue weighted by Gasteiger charge is 2.33. The molecule has 23 heavy (non-hydrogen) atoms. The summed E-state index contributed by atoms with van der Waals surface area (Å²) in [6, 6.07) is 3.94. The minimum Gasteiger partial charge on any atom is -0.444 e. The van der Waals surface area contributed by atoms with E-state index in [2.05, 4.69) is 22.6 Å². The lowest BCUT2D eigenvalue weighted by molar-refractivity contribution is 0.0119. The number of carbonyl (C=O) groups is 1. The predicted molar refractivity (Wildman–Crippen MR) is 89.3 cm³/mol. The van der Waals surface area contributed by atoms with Crippen LogP contribution in [0.2, 0.25) is 0 Å². The molecule has 0 radical (unpaired) electrons. The monoisotopic (exact) mass is 316 g/mol. The molecule has 124 valence electrons. The van der Waals surface area contributed by atoms with Gasteiger partial charge in [-0.2, -0.15) is 0 Å². The second kappa shape index (κ2) is 5.85. The number of amides is 1. The van der Waals surface area contributed by atoms with Crippen molar-refractivity contribution in [2.24, 2.45) is 7.05 Å². The molecule has 6 nitrogen and oxygen atoms in total. The number of carbonyl (C=O) groups excluding carboxylic acids is 1. The number of piperazine rings is 1. The number of aromatic nitrogens is 2. The van der Waals surface area contributed by atoms with Gasteiger partial charge in [0.2, 0.25) is 0 Å². The second-order valence-electron chi connectivity index (χ2n) is 6.96. The molecule has 0 aliphatic carbocycles. The molecule has 1 atom stereocenters. The average molecular weight is 316 g/mol. The Morgan fingerprint density at radius 1 is 1.43 bits per heavy atom. The molecule has 1 unspecified atom stereocenters. The number of pyridine rings is 1. The summed E-state index contributed by atoms with van der Waals surface area (Å²) in [5.74, 6) is 0. The van der Waals surface area contributed by atoms with Crippen LogP contribution in [0.15, 0.2) is 24.5 Å². The van der Waals surface area contributed by atoms with Crippen LogP contribution in [0.1, 0.15) is 32.4 Å². The number of fused-ring (bicyclic) bond motifs is 1. The number of hydrogen-bond acceptors (Lipinski definition) is 4. The molecule has 1 fully saturated rings. The van der Waals surface area contributed by atoms with Crippen LogP contribution < -0.4 is 5.32 Å². The molecule has 0 saturated carbocycles. The summed E-state index contributed by atoms with van der Waals surface area (Å²) in [4.78, 5) is 18.9. The summed E-state index contributed by atoms with van der Waals surface area (Å²) in [6.07, 6.45) is 3.59. The number of rotatable bonds is 1. The average Bonchev–Trinajstić information content (AvgIpc) is 2.83. The van der Waals surface area contributed by atoms with E-state index in [0.29, 0.717) is 13.1 Å². The number of ether oxygens (including phenoxy) is 1. The van der Waals surface area contributed by atoms with Crippen LogP contribution in [0.5, 0.6) is 0 Å². The number of nitrogens with zero attached hydrogens (tertiary/aromatic N) is 3. The summed E-state index contributed by atoms with van der Waals surface area (Å²) in [7, 11) is 1.98. The molecule has 1 aliphatic heterocycles. The summed E-state index contributed by atoms with van der Waals surface area (Å²) in [6.45, 7) is 7.81. The third-order valence-electron chi connectivity index (χ3n) is 3.99. The molecule has 2 aromatic rings. The predicted octanol–water partition coefficient (Wildman–Crippen LogP) is 2.45. The van der Waals surface area contributed by atoms with Gasteiger partial charge in [0.05, 0.1) is 6.04 Å². The summed E-state index contributed by atoms with van der Waals surface area (Å²) in [5, 5.41) is 4.46. The van der Waals surface area contributed by atoms with Crippen LogP contribution in [-0.4, -0.2) is 45.8 Å². The van der Waals surface area contributed by atoms with Gasteiger partial charge in [-0.15, -0.1) is 0 Å². The molecule has 3 heterocycles. The van der Waals surface area contributed by atoms with Gasteiger partial charge < -0.3 is 14.6 Å². The van der Waals surface area contributed by atoms with Crippen molar-refractivity contribution >= 4 is 17.1 Å². The van der Waals surface area contributed by atoms with Crippen molar-refractivity contribution < 1.29 is 9.53 Å². The van der Waals surface area contributed by atoms with E-state index in [1.165, 1.54) is 0 Å². The lowest BCUT2D eigenvalue weighted by atomic mass is 10.0. The molecule has 1 aliphatic rings. The van der Waals surface area contributed by atoms with Crippen molar-refractivity contribution in [1.29, 1.82) is 0 Å². The molecule has 3 rings (SSSR count). The molecule has 0 aromatic carbocycles. The molecule has 2 aromatic heterocycles. The number of hydrogen-bond donors (Lipinski definition) is 1. The zero-order valence-electron chi connectivity index (χ0n) is 14.2. The van der Waals surface area contributed by atoms with Gasteiger partial charge in [-0.1, -0.05) is 0 Å². The first kappa shape index (κ1) is 15.8. The first-order valence-corrected chi connectivity index (χ1v) is 7.97. The van der Waals surface area contributed by atoms with E-state index in [1.54, 1.807) is 6.20 Å². The zero-order chi connectivity index (χ0) is 16.6. The lowest BCUT2D eigenvalue weighted by Crippen LogP contribution is -2.50. The molecule has 0 spiro atoms. The Morgan fingerprint density at radius 3 is 2.96 bits per heavy atom. The van der Waals surface area contributed by atoms with Gasteiger partial charge in [-0.25, -0.2) is 9.78 Å². The topological polar surface area (TPSA) is 59.4 Å². The van der Waals surface area contributed by atoms with Gasteiger partial charge in [0, 0.05) is 50.0 Å². The minimum atomic E-state index is -0.493. The maximum Gasteiger partial charge on any atom is 0.410 e. The smallest absolute Gasteiger partial charge is 0.410 e. The van der Waals surface area contributed by atoms with Crippen LogP contribution in [-0.2, 0) is 11.8 Å². The normalized spacial score (nSPS) is 19.1. The van der Waals surface area contributed by atoms with E-state index in [-0.39, 0.29) is 12.1 Å². The van der Waals surface area contributed by atoms with Gasteiger partial charge in [-0.05, 0) is 32.9 Å². The van der Waals surface area contributed by atoms with Crippen LogP contribution in [0, 0.1) is 0 Å². The highest BCUT2D eigenvalue weighted by molar-refractivity contribution is 5.82. The zero-order valence-corrected chi connectivity index (χ0v) is 14.2. The van der Waals surface area contributed by atoms with Crippen molar-refractivity contribution in [1.82, 2.24) is 19.8 Å². The highest BCUT2D eigenvalue weighted by Crippen LogP contribution is 2.30. The number of aryl methyl sites for hydroxylation is 1. The second-order valence-corrected chi connectivity index (χ2v) is 6.96. The Kier molecular flexibility index (Phi) is 4.02. The Labute approximate surface area is 136 Å². The van der Waals surface area contributed by atoms with E-state index in [0.717, 1.165) is 23.1 Å². The molecular formula is C17H24N4O2. The van der Waals surface area contributed by atoms with E-state index in [1.807, 2.05) is 43.4 Å². The quantitative estimate of drug-likeness (QED) is 0.878. The maximum atomic E-state index is 12.6. The first-order valence-electron chi connectivity index (χ1n) is 7.97. The van der Waals surface area contributed by atoms with E-state index < -0.39 is 5.60 Å². The summed E-state index contributed by atoms with van der Waals surface area (Å²) >= 11 is 0. The molecule has 0 bridgehead atoms. The lowest BCUT2D eigenvalue weighted by Gasteiger charge is -2.37.